The number of amides is 4. The molecule has 9 nitrogen and oxygen atoms in total. The van der Waals surface area contributed by atoms with Crippen LogP contribution < -0.4 is 10.7 Å². The normalized spacial score (nSPS) is 21.9. The second-order valence-electron chi connectivity index (χ2n) is 7.64. The minimum absolute atomic E-state index is 0.0950. The van der Waals surface area contributed by atoms with E-state index in [1.54, 1.807) is 37.3 Å². The number of hydrogen-bond acceptors (Lipinski definition) is 5. The summed E-state index contributed by atoms with van der Waals surface area (Å²) < 4.78 is 26.6. The summed E-state index contributed by atoms with van der Waals surface area (Å²) in [6, 6.07) is 13.4. The van der Waals surface area contributed by atoms with Gasteiger partial charge in [-0.25, -0.2) is 13.2 Å². The fourth-order valence-corrected chi connectivity index (χ4v) is 5.25. The van der Waals surface area contributed by atoms with E-state index in [1.807, 2.05) is 0 Å². The van der Waals surface area contributed by atoms with Crippen molar-refractivity contribution in [2.45, 2.75) is 30.2 Å². The SMILES string of the molecule is C[C@]1(c2ccccc2)NC(=O)N(NC(=O)c2ccc(S(=O)(=O)N3CCCC3)cc2)C1=O. The lowest BCUT2D eigenvalue weighted by Crippen LogP contribution is -2.47. The zero-order chi connectivity index (χ0) is 22.2. The van der Waals surface area contributed by atoms with Crippen LogP contribution in [0.2, 0.25) is 0 Å². The topological polar surface area (TPSA) is 116 Å². The van der Waals surface area contributed by atoms with Crippen molar-refractivity contribution < 1.29 is 22.8 Å². The lowest BCUT2D eigenvalue weighted by Gasteiger charge is -2.22. The summed E-state index contributed by atoms with van der Waals surface area (Å²) in [6.45, 7) is 2.53. The fraction of sp³-hybridized carbons (Fsp3) is 0.286. The summed E-state index contributed by atoms with van der Waals surface area (Å²) in [5.41, 5.74) is 1.70. The van der Waals surface area contributed by atoms with E-state index in [4.69, 9.17) is 0 Å². The Hall–Kier alpha value is -3.24. The molecule has 2 aromatic carbocycles. The molecule has 0 spiro atoms. The van der Waals surface area contributed by atoms with E-state index in [2.05, 4.69) is 10.7 Å². The molecule has 2 aliphatic heterocycles. The Bertz CT molecular complexity index is 1130. The molecule has 1 atom stereocenters. The Morgan fingerprint density at radius 3 is 2.23 bits per heavy atom. The van der Waals surface area contributed by atoms with Gasteiger partial charge in [-0.2, -0.15) is 9.31 Å². The van der Waals surface area contributed by atoms with Gasteiger partial charge in [-0.1, -0.05) is 30.3 Å². The third-order valence-electron chi connectivity index (χ3n) is 5.57. The van der Waals surface area contributed by atoms with Crippen LogP contribution >= 0.6 is 0 Å². The molecule has 2 fully saturated rings. The molecule has 4 amide bonds. The summed E-state index contributed by atoms with van der Waals surface area (Å²) in [5.74, 6) is -1.32. The number of carbonyl (C=O) groups excluding carboxylic acids is 3. The Kier molecular flexibility index (Phi) is 5.28. The van der Waals surface area contributed by atoms with Gasteiger partial charge < -0.3 is 5.32 Å². The molecule has 0 aliphatic carbocycles. The number of imide groups is 1. The van der Waals surface area contributed by atoms with Crippen LogP contribution in [0, 0.1) is 0 Å². The van der Waals surface area contributed by atoms with Crippen molar-refractivity contribution >= 4 is 27.9 Å². The van der Waals surface area contributed by atoms with Gasteiger partial charge in [0.25, 0.3) is 11.8 Å². The van der Waals surface area contributed by atoms with Crippen molar-refractivity contribution in [1.82, 2.24) is 20.1 Å². The number of urea groups is 1. The zero-order valence-corrected chi connectivity index (χ0v) is 17.7. The number of rotatable bonds is 5. The van der Waals surface area contributed by atoms with Crippen LogP contribution in [-0.2, 0) is 20.4 Å². The molecule has 31 heavy (non-hydrogen) atoms. The van der Waals surface area contributed by atoms with Crippen molar-refractivity contribution in [3.63, 3.8) is 0 Å². The second-order valence-corrected chi connectivity index (χ2v) is 9.58. The van der Waals surface area contributed by atoms with Crippen LogP contribution in [0.1, 0.15) is 35.7 Å². The van der Waals surface area contributed by atoms with E-state index in [-0.39, 0.29) is 10.5 Å². The first-order valence-electron chi connectivity index (χ1n) is 9.87. The molecule has 2 aliphatic rings. The van der Waals surface area contributed by atoms with Crippen LogP contribution in [0.4, 0.5) is 4.79 Å². The highest BCUT2D eigenvalue weighted by Crippen LogP contribution is 2.28. The monoisotopic (exact) mass is 442 g/mol. The van der Waals surface area contributed by atoms with Crippen molar-refractivity contribution in [3.05, 3.63) is 65.7 Å². The Morgan fingerprint density at radius 1 is 1.00 bits per heavy atom. The molecule has 0 bridgehead atoms. The third-order valence-corrected chi connectivity index (χ3v) is 7.49. The fourth-order valence-electron chi connectivity index (χ4n) is 3.73. The Morgan fingerprint density at radius 2 is 1.61 bits per heavy atom. The standard InChI is InChI=1S/C21H22N4O5S/c1-21(16-7-3-2-4-8-16)19(27)25(20(28)22-21)23-18(26)15-9-11-17(12-10-15)31(29,30)24-13-5-6-14-24/h2-4,7-12H,5-6,13-14H2,1H3,(H,22,28)(H,23,26)/t21-/m1/s1. The number of benzene rings is 2. The summed E-state index contributed by atoms with van der Waals surface area (Å²) in [5, 5.41) is 3.24. The molecule has 4 rings (SSSR count). The van der Waals surface area contributed by atoms with E-state index in [0.717, 1.165) is 12.8 Å². The molecule has 0 aromatic heterocycles. The van der Waals surface area contributed by atoms with Gasteiger partial charge in [-0.05, 0) is 49.6 Å². The van der Waals surface area contributed by atoms with Crippen LogP contribution in [0.3, 0.4) is 0 Å². The van der Waals surface area contributed by atoms with Crippen LogP contribution in [0.25, 0.3) is 0 Å². The molecule has 2 saturated heterocycles. The number of sulfonamides is 1. The molecule has 2 N–H and O–H groups in total. The van der Waals surface area contributed by atoms with Crippen molar-refractivity contribution in [2.75, 3.05) is 13.1 Å². The maximum atomic E-state index is 12.9. The minimum Gasteiger partial charge on any atom is -0.318 e. The van der Waals surface area contributed by atoms with E-state index < -0.39 is 33.4 Å². The van der Waals surface area contributed by atoms with Crippen LogP contribution in [-0.4, -0.2) is 48.7 Å². The summed E-state index contributed by atoms with van der Waals surface area (Å²) in [4.78, 5) is 38.0. The van der Waals surface area contributed by atoms with Crippen molar-refractivity contribution in [1.29, 1.82) is 0 Å². The molecular formula is C21H22N4O5S. The Labute approximate surface area is 180 Å². The van der Waals surface area contributed by atoms with E-state index in [1.165, 1.54) is 28.6 Å². The van der Waals surface area contributed by atoms with Gasteiger partial charge in [0.15, 0.2) is 0 Å². The predicted molar refractivity (Wildman–Crippen MR) is 111 cm³/mol. The van der Waals surface area contributed by atoms with Gasteiger partial charge in [0.2, 0.25) is 10.0 Å². The highest BCUT2D eigenvalue weighted by atomic mass is 32.2. The van der Waals surface area contributed by atoms with Gasteiger partial charge in [-0.15, -0.1) is 0 Å². The van der Waals surface area contributed by atoms with Gasteiger partial charge in [-0.3, -0.25) is 15.0 Å². The van der Waals surface area contributed by atoms with Gasteiger partial charge in [0, 0.05) is 18.7 Å². The highest BCUT2D eigenvalue weighted by Gasteiger charge is 2.50. The van der Waals surface area contributed by atoms with Crippen LogP contribution in [0.5, 0.6) is 0 Å². The van der Waals surface area contributed by atoms with Gasteiger partial charge >= 0.3 is 6.03 Å². The molecule has 2 aromatic rings. The molecular weight excluding hydrogens is 420 g/mol. The quantitative estimate of drug-likeness (QED) is 0.682. The van der Waals surface area contributed by atoms with E-state index >= 15 is 0 Å². The first-order chi connectivity index (χ1) is 14.7. The summed E-state index contributed by atoms with van der Waals surface area (Å²) in [7, 11) is -3.59. The third kappa shape index (κ3) is 3.68. The molecule has 2 heterocycles. The number of nitrogens with zero attached hydrogens (tertiary/aromatic N) is 2. The molecule has 162 valence electrons. The van der Waals surface area contributed by atoms with Gasteiger partial charge in [0.05, 0.1) is 4.90 Å². The van der Waals surface area contributed by atoms with Crippen LogP contribution in [0.15, 0.2) is 59.5 Å². The molecule has 0 unspecified atom stereocenters. The predicted octanol–water partition coefficient (Wildman–Crippen LogP) is 1.58. The molecule has 0 radical (unpaired) electrons. The minimum atomic E-state index is -3.59. The lowest BCUT2D eigenvalue weighted by atomic mass is 9.92. The lowest BCUT2D eigenvalue weighted by molar-refractivity contribution is -0.132. The average molecular weight is 442 g/mol. The number of hydrazine groups is 1. The number of nitrogens with one attached hydrogen (secondary N) is 2. The largest absolute Gasteiger partial charge is 0.344 e. The van der Waals surface area contributed by atoms with E-state index in [9.17, 15) is 22.8 Å². The summed E-state index contributed by atoms with van der Waals surface area (Å²) in [6.07, 6.45) is 1.65. The van der Waals surface area contributed by atoms with Crippen molar-refractivity contribution in [3.8, 4) is 0 Å². The zero-order valence-electron chi connectivity index (χ0n) is 16.9. The number of hydrogen-bond donors (Lipinski definition) is 2. The maximum Gasteiger partial charge on any atom is 0.344 e. The smallest absolute Gasteiger partial charge is 0.318 e. The number of carbonyl (C=O) groups is 3. The second kappa shape index (κ2) is 7.78. The highest BCUT2D eigenvalue weighted by molar-refractivity contribution is 7.89. The van der Waals surface area contributed by atoms with Gasteiger partial charge in [0.1, 0.15) is 5.54 Å². The molecule has 10 heteroatoms. The average Bonchev–Trinajstić information content (AvgIpc) is 3.39. The van der Waals surface area contributed by atoms with Crippen molar-refractivity contribution in [2.24, 2.45) is 0 Å². The Balaban J connectivity index is 1.49. The summed E-state index contributed by atoms with van der Waals surface area (Å²) >= 11 is 0. The molecule has 0 saturated carbocycles. The first-order valence-corrected chi connectivity index (χ1v) is 11.3. The van der Waals surface area contributed by atoms with E-state index in [0.29, 0.717) is 23.7 Å². The maximum absolute atomic E-state index is 12.9. The first kappa shape index (κ1) is 21.0.